The predicted octanol–water partition coefficient (Wildman–Crippen LogP) is 1.47. The average molecular weight is 190 g/mol. The third kappa shape index (κ3) is 1.21. The number of fused-ring (bicyclic) bond motifs is 1. The van der Waals surface area contributed by atoms with Crippen molar-refractivity contribution in [2.45, 2.75) is 0 Å². The van der Waals surface area contributed by atoms with Crippen LogP contribution in [0.3, 0.4) is 0 Å². The Labute approximate surface area is 79.4 Å². The van der Waals surface area contributed by atoms with Crippen LogP contribution >= 0.6 is 0 Å². The topological polar surface area (TPSA) is 56.0 Å². The Morgan fingerprint density at radius 3 is 2.86 bits per heavy atom. The molecule has 0 saturated carbocycles. The molecule has 0 radical (unpaired) electrons. The zero-order valence-electron chi connectivity index (χ0n) is 7.20. The summed E-state index contributed by atoms with van der Waals surface area (Å²) in [6, 6.07) is 5.80. The molecule has 1 aromatic heterocycles. The van der Waals surface area contributed by atoms with E-state index in [-0.39, 0.29) is 11.1 Å². The normalized spacial score (nSPS) is 10.4. The van der Waals surface area contributed by atoms with E-state index < -0.39 is 11.7 Å². The monoisotopic (exact) mass is 190 g/mol. The highest BCUT2D eigenvalue weighted by molar-refractivity contribution is 6.05. The molecule has 0 unspecified atom stereocenters. The number of carbonyl (C=O) groups is 1. The number of benzene rings is 1. The van der Waals surface area contributed by atoms with Crippen molar-refractivity contribution in [2.75, 3.05) is 0 Å². The van der Waals surface area contributed by atoms with Crippen molar-refractivity contribution in [2.24, 2.45) is 5.73 Å². The van der Waals surface area contributed by atoms with Crippen molar-refractivity contribution >= 4 is 16.8 Å². The molecule has 0 bridgehead atoms. The molecule has 0 aliphatic heterocycles. The minimum absolute atomic E-state index is 0.170. The number of pyridine rings is 1. The molecule has 1 aromatic carbocycles. The third-order valence-electron chi connectivity index (χ3n) is 1.99. The Balaban J connectivity index is 2.88. The number of rotatable bonds is 1. The SMILES string of the molecule is NC(=O)c1ccc(F)c2ncccc12. The maximum Gasteiger partial charge on any atom is 0.249 e. The van der Waals surface area contributed by atoms with Crippen molar-refractivity contribution in [3.63, 3.8) is 0 Å². The molecule has 4 heteroatoms. The molecule has 70 valence electrons. The lowest BCUT2D eigenvalue weighted by atomic mass is 10.1. The van der Waals surface area contributed by atoms with Gasteiger partial charge in [-0.25, -0.2) is 4.39 Å². The van der Waals surface area contributed by atoms with E-state index in [0.29, 0.717) is 5.39 Å². The van der Waals surface area contributed by atoms with Crippen LogP contribution in [0.15, 0.2) is 30.5 Å². The summed E-state index contributed by atoms with van der Waals surface area (Å²) in [5.41, 5.74) is 5.60. The first kappa shape index (κ1) is 8.62. The van der Waals surface area contributed by atoms with E-state index in [2.05, 4.69) is 4.98 Å². The van der Waals surface area contributed by atoms with Gasteiger partial charge in [0.15, 0.2) is 0 Å². The first-order valence-electron chi connectivity index (χ1n) is 4.03. The largest absolute Gasteiger partial charge is 0.366 e. The summed E-state index contributed by atoms with van der Waals surface area (Å²) in [6.45, 7) is 0. The fourth-order valence-electron chi connectivity index (χ4n) is 1.35. The summed E-state index contributed by atoms with van der Waals surface area (Å²) in [5, 5.41) is 0.444. The van der Waals surface area contributed by atoms with Gasteiger partial charge in [0.25, 0.3) is 0 Å². The molecule has 14 heavy (non-hydrogen) atoms. The minimum atomic E-state index is -0.581. The Morgan fingerprint density at radius 2 is 2.14 bits per heavy atom. The number of hydrogen-bond donors (Lipinski definition) is 1. The van der Waals surface area contributed by atoms with E-state index in [0.717, 1.165) is 0 Å². The molecule has 0 aliphatic rings. The Bertz CT molecular complexity index is 510. The highest BCUT2D eigenvalue weighted by Gasteiger charge is 2.09. The third-order valence-corrected chi connectivity index (χ3v) is 1.99. The number of halogens is 1. The maximum absolute atomic E-state index is 13.2. The van der Waals surface area contributed by atoms with Crippen LogP contribution in [0.2, 0.25) is 0 Å². The number of hydrogen-bond acceptors (Lipinski definition) is 2. The van der Waals surface area contributed by atoms with Crippen LogP contribution in [0.4, 0.5) is 4.39 Å². The standard InChI is InChI=1S/C10H7FN2O/c11-8-4-3-7(10(12)14)6-2-1-5-13-9(6)8/h1-5H,(H2,12,14). The Kier molecular flexibility index (Phi) is 1.89. The van der Waals surface area contributed by atoms with E-state index in [1.165, 1.54) is 18.3 Å². The Hall–Kier alpha value is -1.97. The van der Waals surface area contributed by atoms with Gasteiger partial charge in [0.2, 0.25) is 5.91 Å². The van der Waals surface area contributed by atoms with Crippen LogP contribution in [0.1, 0.15) is 10.4 Å². The van der Waals surface area contributed by atoms with Gasteiger partial charge in [0.1, 0.15) is 11.3 Å². The van der Waals surface area contributed by atoms with Gasteiger partial charge in [-0.05, 0) is 18.2 Å². The minimum Gasteiger partial charge on any atom is -0.366 e. The fraction of sp³-hybridized carbons (Fsp3) is 0. The number of nitrogens with two attached hydrogens (primary N) is 1. The van der Waals surface area contributed by atoms with E-state index >= 15 is 0 Å². The summed E-state index contributed by atoms with van der Waals surface area (Å²) >= 11 is 0. The van der Waals surface area contributed by atoms with Gasteiger partial charge >= 0.3 is 0 Å². The number of primary amides is 1. The molecule has 1 amide bonds. The number of amides is 1. The van der Waals surface area contributed by atoms with Crippen molar-refractivity contribution in [3.8, 4) is 0 Å². The van der Waals surface area contributed by atoms with E-state index in [9.17, 15) is 9.18 Å². The first-order chi connectivity index (χ1) is 6.70. The molecule has 0 saturated heterocycles. The van der Waals surface area contributed by atoms with Crippen LogP contribution in [0.25, 0.3) is 10.9 Å². The summed E-state index contributed by atoms with van der Waals surface area (Å²) < 4.78 is 13.2. The van der Waals surface area contributed by atoms with E-state index in [4.69, 9.17) is 5.73 Å². The van der Waals surface area contributed by atoms with Gasteiger partial charge in [-0.3, -0.25) is 9.78 Å². The van der Waals surface area contributed by atoms with Gasteiger partial charge in [0, 0.05) is 17.1 Å². The van der Waals surface area contributed by atoms with Gasteiger partial charge in [0.05, 0.1) is 0 Å². The number of carbonyl (C=O) groups excluding carboxylic acids is 1. The van der Waals surface area contributed by atoms with Crippen LogP contribution in [-0.2, 0) is 0 Å². The molecular formula is C10H7FN2O. The lowest BCUT2D eigenvalue weighted by Gasteiger charge is -2.02. The first-order valence-corrected chi connectivity index (χ1v) is 4.03. The second kappa shape index (κ2) is 3.06. The molecule has 0 fully saturated rings. The van der Waals surface area contributed by atoms with Gasteiger partial charge < -0.3 is 5.73 Å². The average Bonchev–Trinajstić information content (AvgIpc) is 2.18. The highest BCUT2D eigenvalue weighted by Crippen LogP contribution is 2.18. The van der Waals surface area contributed by atoms with Gasteiger partial charge in [-0.15, -0.1) is 0 Å². The van der Waals surface area contributed by atoms with Crippen molar-refractivity contribution in [3.05, 3.63) is 41.8 Å². The fourth-order valence-corrected chi connectivity index (χ4v) is 1.35. The zero-order chi connectivity index (χ0) is 10.1. The molecule has 0 spiro atoms. The predicted molar refractivity (Wildman–Crippen MR) is 50.2 cm³/mol. The molecule has 2 rings (SSSR count). The summed E-state index contributed by atoms with van der Waals surface area (Å²) in [6.07, 6.45) is 1.47. The number of nitrogens with zero attached hydrogens (tertiary/aromatic N) is 1. The summed E-state index contributed by atoms with van der Waals surface area (Å²) in [5.74, 6) is -1.03. The molecule has 2 aromatic rings. The maximum atomic E-state index is 13.2. The lowest BCUT2D eigenvalue weighted by Crippen LogP contribution is -2.11. The summed E-state index contributed by atoms with van der Waals surface area (Å²) in [7, 11) is 0. The second-order valence-electron chi connectivity index (χ2n) is 2.86. The van der Waals surface area contributed by atoms with Gasteiger partial charge in [-0.2, -0.15) is 0 Å². The van der Waals surface area contributed by atoms with Crippen LogP contribution in [0.5, 0.6) is 0 Å². The molecule has 3 nitrogen and oxygen atoms in total. The summed E-state index contributed by atoms with van der Waals surface area (Å²) in [4.78, 5) is 14.8. The molecule has 0 aliphatic carbocycles. The van der Waals surface area contributed by atoms with Crippen LogP contribution in [0, 0.1) is 5.82 Å². The smallest absolute Gasteiger partial charge is 0.249 e. The van der Waals surface area contributed by atoms with Crippen molar-refractivity contribution in [1.29, 1.82) is 0 Å². The van der Waals surface area contributed by atoms with E-state index in [1.807, 2.05) is 0 Å². The molecule has 1 heterocycles. The number of aromatic nitrogens is 1. The Morgan fingerprint density at radius 1 is 1.36 bits per heavy atom. The molecular weight excluding hydrogens is 183 g/mol. The van der Waals surface area contributed by atoms with Crippen LogP contribution in [-0.4, -0.2) is 10.9 Å². The van der Waals surface area contributed by atoms with Crippen molar-refractivity contribution in [1.82, 2.24) is 4.98 Å². The van der Waals surface area contributed by atoms with Gasteiger partial charge in [-0.1, -0.05) is 6.07 Å². The molecule has 2 N–H and O–H groups in total. The zero-order valence-corrected chi connectivity index (χ0v) is 7.20. The quantitative estimate of drug-likeness (QED) is 0.740. The van der Waals surface area contributed by atoms with Crippen LogP contribution < -0.4 is 5.73 Å². The van der Waals surface area contributed by atoms with Crippen molar-refractivity contribution < 1.29 is 9.18 Å². The lowest BCUT2D eigenvalue weighted by molar-refractivity contribution is 0.100. The highest BCUT2D eigenvalue weighted by atomic mass is 19.1. The second-order valence-corrected chi connectivity index (χ2v) is 2.86. The molecule has 0 atom stereocenters. The van der Waals surface area contributed by atoms with E-state index in [1.54, 1.807) is 12.1 Å².